The molecule has 0 saturated heterocycles. The van der Waals surface area contributed by atoms with Gasteiger partial charge in [-0.05, 0) is 42.9 Å². The predicted octanol–water partition coefficient (Wildman–Crippen LogP) is 4.09. The van der Waals surface area contributed by atoms with Crippen LogP contribution in [0.25, 0.3) is 0 Å². The molecule has 1 aliphatic heterocycles. The van der Waals surface area contributed by atoms with Gasteiger partial charge in [-0.25, -0.2) is 0 Å². The first-order valence-corrected chi connectivity index (χ1v) is 10.3. The lowest BCUT2D eigenvalue weighted by atomic mass is 9.94. The van der Waals surface area contributed by atoms with E-state index < -0.39 is 6.04 Å². The van der Waals surface area contributed by atoms with Crippen molar-refractivity contribution in [1.82, 2.24) is 15.6 Å². The molecule has 1 amide bonds. The van der Waals surface area contributed by atoms with Gasteiger partial charge in [0.05, 0.1) is 23.5 Å². The molecule has 0 spiro atoms. The number of carbonyl (C=O) groups excluding carboxylic acids is 1. The summed E-state index contributed by atoms with van der Waals surface area (Å²) in [6, 6.07) is 20.7. The lowest BCUT2D eigenvalue weighted by Gasteiger charge is -2.31. The molecule has 1 aliphatic rings. The van der Waals surface area contributed by atoms with Gasteiger partial charge in [-0.15, -0.1) is 0 Å². The number of para-hydroxylation sites is 1. The van der Waals surface area contributed by atoms with E-state index >= 15 is 0 Å². The van der Waals surface area contributed by atoms with E-state index in [-0.39, 0.29) is 5.91 Å². The Morgan fingerprint density at radius 1 is 1.10 bits per heavy atom. The van der Waals surface area contributed by atoms with E-state index in [9.17, 15) is 4.79 Å². The van der Waals surface area contributed by atoms with Crippen molar-refractivity contribution in [2.75, 3.05) is 5.32 Å². The van der Waals surface area contributed by atoms with Crippen LogP contribution in [0.2, 0.25) is 0 Å². The second-order valence-electron chi connectivity index (χ2n) is 7.08. The van der Waals surface area contributed by atoms with Crippen LogP contribution >= 0.6 is 12.2 Å². The third kappa shape index (κ3) is 4.90. The van der Waals surface area contributed by atoms with Gasteiger partial charge in [-0.3, -0.25) is 9.78 Å². The van der Waals surface area contributed by atoms with Crippen LogP contribution in [0.4, 0.5) is 5.69 Å². The zero-order chi connectivity index (χ0) is 21.6. The second kappa shape index (κ2) is 9.40. The minimum atomic E-state index is -0.461. The number of rotatable bonds is 6. The monoisotopic (exact) mass is 430 g/mol. The lowest BCUT2D eigenvalue weighted by Crippen LogP contribution is -2.45. The van der Waals surface area contributed by atoms with E-state index in [1.165, 1.54) is 0 Å². The first kappa shape index (κ1) is 20.6. The molecule has 0 aliphatic carbocycles. The van der Waals surface area contributed by atoms with Crippen LogP contribution in [0, 0.1) is 0 Å². The summed E-state index contributed by atoms with van der Waals surface area (Å²) in [7, 11) is 0. The maximum absolute atomic E-state index is 13.2. The molecular formula is C24H22N4O2S. The minimum absolute atomic E-state index is 0.240. The summed E-state index contributed by atoms with van der Waals surface area (Å²) in [5.74, 6) is 0.448. The van der Waals surface area contributed by atoms with Gasteiger partial charge in [0.1, 0.15) is 12.4 Å². The van der Waals surface area contributed by atoms with Crippen molar-refractivity contribution >= 4 is 28.9 Å². The maximum atomic E-state index is 13.2. The molecule has 0 radical (unpaired) electrons. The third-order valence-corrected chi connectivity index (χ3v) is 5.12. The van der Waals surface area contributed by atoms with Crippen LogP contribution < -0.4 is 20.7 Å². The fourth-order valence-corrected chi connectivity index (χ4v) is 3.72. The zero-order valence-corrected chi connectivity index (χ0v) is 17.8. The number of carbonyl (C=O) groups is 1. The van der Waals surface area contributed by atoms with E-state index in [1.54, 1.807) is 24.5 Å². The van der Waals surface area contributed by atoms with Gasteiger partial charge < -0.3 is 20.7 Å². The van der Waals surface area contributed by atoms with Crippen LogP contribution in [-0.4, -0.2) is 16.0 Å². The number of pyridine rings is 1. The molecule has 0 fully saturated rings. The van der Waals surface area contributed by atoms with Crippen molar-refractivity contribution in [2.24, 2.45) is 0 Å². The van der Waals surface area contributed by atoms with Crippen molar-refractivity contribution in [3.05, 3.63) is 102 Å². The molecule has 0 saturated carbocycles. The molecule has 2 heterocycles. The number of hydrogen-bond acceptors (Lipinski definition) is 4. The highest BCUT2D eigenvalue weighted by Crippen LogP contribution is 2.34. The predicted molar refractivity (Wildman–Crippen MR) is 124 cm³/mol. The largest absolute Gasteiger partial charge is 0.489 e. The fraction of sp³-hybridized carbons (Fsp3) is 0.125. The van der Waals surface area contributed by atoms with Crippen molar-refractivity contribution in [2.45, 2.75) is 19.6 Å². The number of anilines is 1. The van der Waals surface area contributed by atoms with Gasteiger partial charge >= 0.3 is 0 Å². The molecular weight excluding hydrogens is 408 g/mol. The molecule has 156 valence electrons. The minimum Gasteiger partial charge on any atom is -0.489 e. The van der Waals surface area contributed by atoms with Gasteiger partial charge in [0.15, 0.2) is 5.11 Å². The highest BCUT2D eigenvalue weighted by molar-refractivity contribution is 7.80. The summed E-state index contributed by atoms with van der Waals surface area (Å²) in [6.07, 6.45) is 3.26. The van der Waals surface area contributed by atoms with E-state index in [1.807, 2.05) is 61.5 Å². The first-order valence-electron chi connectivity index (χ1n) is 9.87. The number of ether oxygens (including phenoxy) is 1. The molecule has 4 rings (SSSR count). The van der Waals surface area contributed by atoms with Crippen LogP contribution in [0.15, 0.2) is 90.4 Å². The normalized spacial score (nSPS) is 15.6. The molecule has 6 nitrogen and oxygen atoms in total. The van der Waals surface area contributed by atoms with Crippen molar-refractivity contribution < 1.29 is 9.53 Å². The Morgan fingerprint density at radius 3 is 2.65 bits per heavy atom. The number of aromatic nitrogens is 1. The van der Waals surface area contributed by atoms with Gasteiger partial charge in [-0.1, -0.05) is 48.5 Å². The number of hydrogen-bond donors (Lipinski definition) is 3. The number of thiocarbonyl (C=S) groups is 1. The number of nitrogens with zero attached hydrogens (tertiary/aromatic N) is 1. The summed E-state index contributed by atoms with van der Waals surface area (Å²) >= 11 is 5.37. The first-order chi connectivity index (χ1) is 15.1. The SMILES string of the molecule is CC1=C(C(=O)Nc2cccnc2)[C@@H](c2ccccc2OCc2ccccc2)NC(=S)N1. The van der Waals surface area contributed by atoms with Crippen molar-refractivity contribution in [1.29, 1.82) is 0 Å². The van der Waals surface area contributed by atoms with Crippen molar-refractivity contribution in [3.8, 4) is 5.75 Å². The average Bonchev–Trinajstić information content (AvgIpc) is 2.78. The van der Waals surface area contributed by atoms with E-state index in [2.05, 4.69) is 20.9 Å². The topological polar surface area (TPSA) is 75.3 Å². The Labute approximate surface area is 186 Å². The molecule has 0 bridgehead atoms. The summed E-state index contributed by atoms with van der Waals surface area (Å²) < 4.78 is 6.13. The third-order valence-electron chi connectivity index (χ3n) is 4.90. The van der Waals surface area contributed by atoms with Gasteiger partial charge in [0.25, 0.3) is 5.91 Å². The number of amides is 1. The molecule has 2 aromatic carbocycles. The van der Waals surface area contributed by atoms with Gasteiger partial charge in [-0.2, -0.15) is 0 Å². The Kier molecular flexibility index (Phi) is 6.24. The zero-order valence-electron chi connectivity index (χ0n) is 17.0. The number of nitrogens with one attached hydrogen (secondary N) is 3. The smallest absolute Gasteiger partial charge is 0.255 e. The Balaban J connectivity index is 1.64. The average molecular weight is 431 g/mol. The summed E-state index contributed by atoms with van der Waals surface area (Å²) in [5.41, 5.74) is 3.74. The van der Waals surface area contributed by atoms with Crippen LogP contribution in [0.3, 0.4) is 0 Å². The van der Waals surface area contributed by atoms with Gasteiger partial charge in [0.2, 0.25) is 0 Å². The highest BCUT2D eigenvalue weighted by atomic mass is 32.1. The summed E-state index contributed by atoms with van der Waals surface area (Å²) in [6.45, 7) is 2.26. The molecule has 7 heteroatoms. The molecule has 1 aromatic heterocycles. The molecule has 31 heavy (non-hydrogen) atoms. The molecule has 3 N–H and O–H groups in total. The Morgan fingerprint density at radius 2 is 1.87 bits per heavy atom. The second-order valence-corrected chi connectivity index (χ2v) is 7.49. The highest BCUT2D eigenvalue weighted by Gasteiger charge is 2.31. The number of allylic oxidation sites excluding steroid dienone is 1. The summed E-state index contributed by atoms with van der Waals surface area (Å²) in [5, 5.41) is 9.65. The quantitative estimate of drug-likeness (QED) is 0.512. The van der Waals surface area contributed by atoms with Crippen molar-refractivity contribution in [3.63, 3.8) is 0 Å². The fourth-order valence-electron chi connectivity index (χ4n) is 3.45. The summed E-state index contributed by atoms with van der Waals surface area (Å²) in [4.78, 5) is 17.3. The van der Waals surface area contributed by atoms with Crippen LogP contribution in [0.5, 0.6) is 5.75 Å². The standard InChI is InChI=1S/C24H22N4O2S/c1-16-21(23(29)27-18-10-7-13-25-14-18)22(28-24(31)26-16)19-11-5-6-12-20(19)30-15-17-8-3-2-4-9-17/h2-14,22H,15H2,1H3,(H,27,29)(H2,26,28,31)/t22-/m1/s1. The van der Waals surface area contributed by atoms with Crippen LogP contribution in [-0.2, 0) is 11.4 Å². The molecule has 1 atom stereocenters. The maximum Gasteiger partial charge on any atom is 0.255 e. The van der Waals surface area contributed by atoms with Gasteiger partial charge in [0, 0.05) is 17.5 Å². The van der Waals surface area contributed by atoms with E-state index in [4.69, 9.17) is 17.0 Å². The number of benzene rings is 2. The lowest BCUT2D eigenvalue weighted by molar-refractivity contribution is -0.113. The van der Waals surface area contributed by atoms with E-state index in [0.717, 1.165) is 11.1 Å². The Hall–Kier alpha value is -3.71. The molecule has 0 unspecified atom stereocenters. The molecule has 3 aromatic rings. The van der Waals surface area contributed by atoms with Crippen LogP contribution in [0.1, 0.15) is 24.1 Å². The van der Waals surface area contributed by atoms with E-state index in [0.29, 0.717) is 34.4 Å². The Bertz CT molecular complexity index is 1120.